The van der Waals surface area contributed by atoms with Crippen molar-refractivity contribution >= 4 is 62.3 Å². The Hall–Kier alpha value is -1.05. The monoisotopic (exact) mass is 410 g/mol. The van der Waals surface area contributed by atoms with Crippen LogP contribution in [-0.2, 0) is 18.7 Å². The summed E-state index contributed by atoms with van der Waals surface area (Å²) in [6.07, 6.45) is 1.00. The zero-order chi connectivity index (χ0) is 17.6. The van der Waals surface area contributed by atoms with Crippen molar-refractivity contribution < 1.29 is 0 Å². The molecule has 0 bridgehead atoms. The van der Waals surface area contributed by atoms with Crippen LogP contribution in [0.4, 0.5) is 5.82 Å². The molecule has 3 aromatic rings. The third-order valence-corrected chi connectivity index (χ3v) is 7.00. The van der Waals surface area contributed by atoms with Crippen molar-refractivity contribution in [2.24, 2.45) is 0 Å². The number of anilines is 1. The lowest BCUT2D eigenvalue weighted by molar-refractivity contribution is 0.318. The highest BCUT2D eigenvalue weighted by molar-refractivity contribution is 7.98. The average Bonchev–Trinajstić information content (AvgIpc) is 2.92. The van der Waals surface area contributed by atoms with Gasteiger partial charge in [-0.25, -0.2) is 9.97 Å². The van der Waals surface area contributed by atoms with Crippen LogP contribution >= 0.6 is 46.3 Å². The van der Waals surface area contributed by atoms with E-state index in [-0.39, 0.29) is 0 Å². The highest BCUT2D eigenvalue weighted by Gasteiger charge is 2.22. The molecule has 130 valence electrons. The van der Waals surface area contributed by atoms with E-state index in [0.717, 1.165) is 35.3 Å². The van der Waals surface area contributed by atoms with Crippen LogP contribution < -0.4 is 5.73 Å². The van der Waals surface area contributed by atoms with Crippen LogP contribution in [0, 0.1) is 0 Å². The van der Waals surface area contributed by atoms with Crippen molar-refractivity contribution in [2.75, 3.05) is 19.3 Å². The third kappa shape index (κ3) is 3.34. The molecule has 2 N–H and O–H groups in total. The van der Waals surface area contributed by atoms with Crippen LogP contribution in [0.5, 0.6) is 0 Å². The lowest BCUT2D eigenvalue weighted by Crippen LogP contribution is -2.25. The van der Waals surface area contributed by atoms with Gasteiger partial charge in [0, 0.05) is 33.8 Å². The first-order chi connectivity index (χ1) is 12.0. The van der Waals surface area contributed by atoms with E-state index in [1.165, 1.54) is 22.2 Å². The van der Waals surface area contributed by atoms with E-state index in [4.69, 9.17) is 33.9 Å². The van der Waals surface area contributed by atoms with Crippen LogP contribution in [0.15, 0.2) is 23.4 Å². The Balaban J connectivity index is 1.65. The summed E-state index contributed by atoms with van der Waals surface area (Å²) >= 11 is 15.7. The summed E-state index contributed by atoms with van der Waals surface area (Å²) in [5, 5.41) is 3.01. The Labute approximate surface area is 164 Å². The van der Waals surface area contributed by atoms with Crippen molar-refractivity contribution in [1.29, 1.82) is 0 Å². The summed E-state index contributed by atoms with van der Waals surface area (Å²) in [5.74, 6) is 1.18. The first kappa shape index (κ1) is 17.4. The van der Waals surface area contributed by atoms with Gasteiger partial charge in [-0.3, -0.25) is 0 Å². The molecule has 4 nitrogen and oxygen atoms in total. The Kier molecular flexibility index (Phi) is 4.81. The summed E-state index contributed by atoms with van der Waals surface area (Å²) in [7, 11) is 2.14. The minimum absolute atomic E-state index is 0.569. The minimum atomic E-state index is 0.569. The van der Waals surface area contributed by atoms with Gasteiger partial charge in [-0.05, 0) is 36.7 Å². The average molecular weight is 411 g/mol. The number of halogens is 2. The number of fused-ring (bicyclic) bond motifs is 3. The van der Waals surface area contributed by atoms with E-state index < -0.39 is 0 Å². The van der Waals surface area contributed by atoms with Crippen LogP contribution in [-0.4, -0.2) is 28.5 Å². The smallest absolute Gasteiger partial charge is 0.191 e. The molecule has 0 aliphatic carbocycles. The summed E-state index contributed by atoms with van der Waals surface area (Å²) in [6.45, 7) is 1.99. The van der Waals surface area contributed by atoms with Gasteiger partial charge in [-0.15, -0.1) is 11.3 Å². The number of nitrogens with zero attached hydrogens (tertiary/aromatic N) is 3. The Bertz CT molecular complexity index is 937. The Morgan fingerprint density at radius 3 is 2.80 bits per heavy atom. The number of hydrogen-bond acceptors (Lipinski definition) is 6. The van der Waals surface area contributed by atoms with Crippen LogP contribution in [0.2, 0.25) is 10.0 Å². The topological polar surface area (TPSA) is 55.0 Å². The highest BCUT2D eigenvalue weighted by atomic mass is 35.5. The van der Waals surface area contributed by atoms with Gasteiger partial charge in [-0.2, -0.15) is 0 Å². The highest BCUT2D eigenvalue weighted by Crippen LogP contribution is 2.38. The molecule has 0 amide bonds. The predicted octanol–water partition coefficient (Wildman–Crippen LogP) is 4.86. The lowest BCUT2D eigenvalue weighted by atomic mass is 10.1. The van der Waals surface area contributed by atoms with Crippen molar-refractivity contribution in [1.82, 2.24) is 14.9 Å². The van der Waals surface area contributed by atoms with Gasteiger partial charge in [0.15, 0.2) is 5.16 Å². The van der Waals surface area contributed by atoms with Gasteiger partial charge in [0.05, 0.1) is 5.39 Å². The van der Waals surface area contributed by atoms with E-state index in [1.807, 2.05) is 18.2 Å². The largest absolute Gasteiger partial charge is 0.383 e. The zero-order valence-corrected chi connectivity index (χ0v) is 16.7. The first-order valence-electron chi connectivity index (χ1n) is 7.85. The fourth-order valence-corrected chi connectivity index (χ4v) is 5.96. The SMILES string of the molecule is CN1CCc2c(sc3nc(SCc4c(Cl)cccc4Cl)nc(N)c23)C1. The Morgan fingerprint density at radius 2 is 2.04 bits per heavy atom. The van der Waals surface area contributed by atoms with E-state index in [0.29, 0.717) is 26.8 Å². The second-order valence-electron chi connectivity index (χ2n) is 6.05. The van der Waals surface area contributed by atoms with E-state index >= 15 is 0 Å². The predicted molar refractivity (Wildman–Crippen MR) is 108 cm³/mol. The second kappa shape index (κ2) is 6.93. The molecule has 8 heteroatoms. The standard InChI is InChI=1S/C17H16Cl2N4S2/c1-23-6-5-9-13(7-23)25-16-14(9)15(20)21-17(22-16)24-8-10-11(18)3-2-4-12(10)19/h2-4H,5-8H2,1H3,(H2,20,21,22). The number of benzene rings is 1. The molecule has 0 fully saturated rings. The minimum Gasteiger partial charge on any atom is -0.383 e. The summed E-state index contributed by atoms with van der Waals surface area (Å²) in [6, 6.07) is 5.52. The van der Waals surface area contributed by atoms with Gasteiger partial charge >= 0.3 is 0 Å². The molecule has 1 aliphatic heterocycles. The fourth-order valence-electron chi connectivity index (χ4n) is 3.00. The van der Waals surface area contributed by atoms with Crippen LogP contribution in [0.1, 0.15) is 16.0 Å². The molecule has 0 atom stereocenters. The first-order valence-corrected chi connectivity index (χ1v) is 10.4. The summed E-state index contributed by atoms with van der Waals surface area (Å²) < 4.78 is 0. The molecule has 1 aromatic carbocycles. The number of nitrogen functional groups attached to an aromatic ring is 1. The second-order valence-corrected chi connectivity index (χ2v) is 8.89. The molecule has 1 aliphatic rings. The normalized spacial score (nSPS) is 14.8. The maximum atomic E-state index is 6.27. The quantitative estimate of drug-likeness (QED) is 0.493. The van der Waals surface area contributed by atoms with Crippen LogP contribution in [0.3, 0.4) is 0 Å². The zero-order valence-electron chi connectivity index (χ0n) is 13.6. The lowest BCUT2D eigenvalue weighted by Gasteiger charge is -2.22. The molecule has 2 aromatic heterocycles. The third-order valence-electron chi connectivity index (χ3n) is 4.31. The molecule has 0 saturated carbocycles. The summed E-state index contributed by atoms with van der Waals surface area (Å²) in [5.41, 5.74) is 8.48. The van der Waals surface area contributed by atoms with Gasteiger partial charge < -0.3 is 10.6 Å². The van der Waals surface area contributed by atoms with E-state index in [1.54, 1.807) is 11.3 Å². The van der Waals surface area contributed by atoms with Crippen molar-refractivity contribution in [3.8, 4) is 0 Å². The van der Waals surface area contributed by atoms with Gasteiger partial charge in [0.1, 0.15) is 10.6 Å². The fraction of sp³-hybridized carbons (Fsp3) is 0.294. The van der Waals surface area contributed by atoms with Crippen molar-refractivity contribution in [2.45, 2.75) is 23.9 Å². The number of thiophene rings is 1. The van der Waals surface area contributed by atoms with Gasteiger partial charge in [0.25, 0.3) is 0 Å². The maximum Gasteiger partial charge on any atom is 0.191 e. The molecule has 0 spiro atoms. The van der Waals surface area contributed by atoms with Gasteiger partial charge in [-0.1, -0.05) is 41.0 Å². The number of thioether (sulfide) groups is 1. The molecule has 0 radical (unpaired) electrons. The number of rotatable bonds is 3. The molecule has 0 unspecified atom stereocenters. The number of nitrogens with two attached hydrogens (primary N) is 1. The maximum absolute atomic E-state index is 6.27. The Morgan fingerprint density at radius 1 is 1.28 bits per heavy atom. The van der Waals surface area contributed by atoms with Crippen molar-refractivity contribution in [3.63, 3.8) is 0 Å². The number of hydrogen-bond donors (Lipinski definition) is 1. The molecular weight excluding hydrogens is 395 g/mol. The summed E-state index contributed by atoms with van der Waals surface area (Å²) in [4.78, 5) is 13.9. The molecule has 25 heavy (non-hydrogen) atoms. The molecule has 4 rings (SSSR count). The molecule has 0 saturated heterocycles. The molecular formula is C17H16Cl2N4S2. The molecule has 3 heterocycles. The number of likely N-dealkylation sites (N-methyl/N-ethyl adjacent to an activating group) is 1. The number of aromatic nitrogens is 2. The van der Waals surface area contributed by atoms with Gasteiger partial charge in [0.2, 0.25) is 0 Å². The van der Waals surface area contributed by atoms with E-state index in [9.17, 15) is 0 Å². The van der Waals surface area contributed by atoms with Crippen molar-refractivity contribution in [3.05, 3.63) is 44.2 Å². The van der Waals surface area contributed by atoms with E-state index in [2.05, 4.69) is 16.9 Å². The van der Waals surface area contributed by atoms with Crippen LogP contribution in [0.25, 0.3) is 10.2 Å².